The first-order valence-corrected chi connectivity index (χ1v) is 14.2. The summed E-state index contributed by atoms with van der Waals surface area (Å²) in [5.74, 6) is -0.489. The van der Waals surface area contributed by atoms with Gasteiger partial charge in [-0.3, -0.25) is 9.59 Å². The van der Waals surface area contributed by atoms with Crippen LogP contribution in [-0.2, 0) is 12.8 Å². The monoisotopic (exact) mass is 622 g/mol. The molecule has 6 rings (SSSR count). The van der Waals surface area contributed by atoms with E-state index in [1.54, 1.807) is 42.5 Å². The number of nitrogens with zero attached hydrogens (tertiary/aromatic N) is 3. The number of benzene rings is 2. The molecule has 2 aromatic heterocycles. The minimum absolute atomic E-state index is 0.00785. The molecule has 205 valence electrons. The van der Waals surface area contributed by atoms with Crippen LogP contribution in [0.3, 0.4) is 0 Å². The molecular weight excluding hydrogens is 595 g/mol. The molecule has 2 unspecified atom stereocenters. The summed E-state index contributed by atoms with van der Waals surface area (Å²) in [6.45, 7) is 0. The zero-order valence-corrected chi connectivity index (χ0v) is 24.2. The van der Waals surface area contributed by atoms with Gasteiger partial charge in [-0.2, -0.15) is 0 Å². The first-order chi connectivity index (χ1) is 19.3. The van der Waals surface area contributed by atoms with Gasteiger partial charge in [-0.15, -0.1) is 0 Å². The predicted molar refractivity (Wildman–Crippen MR) is 161 cm³/mol. The van der Waals surface area contributed by atoms with Gasteiger partial charge in [0.05, 0.1) is 16.6 Å². The second kappa shape index (κ2) is 14.0. The molecular formula is C30H28BBrF2N3O2S. The zero-order chi connectivity index (χ0) is 28.6. The van der Waals surface area contributed by atoms with Crippen molar-refractivity contribution in [2.45, 2.75) is 50.6 Å². The maximum atomic E-state index is 13.0. The number of rotatable bonds is 2. The van der Waals surface area contributed by atoms with Crippen molar-refractivity contribution < 1.29 is 8.78 Å². The average Bonchev–Trinajstić information content (AvgIpc) is 2.96. The summed E-state index contributed by atoms with van der Waals surface area (Å²) >= 11 is 6.48. The summed E-state index contributed by atoms with van der Waals surface area (Å²) in [7, 11) is 4.34. The molecule has 1 radical (unpaired) electrons. The van der Waals surface area contributed by atoms with E-state index < -0.39 is 0 Å². The molecule has 2 atom stereocenters. The van der Waals surface area contributed by atoms with Gasteiger partial charge in [-0.1, -0.05) is 30.3 Å². The summed E-state index contributed by atoms with van der Waals surface area (Å²) in [6.07, 6.45) is 5.81. The van der Waals surface area contributed by atoms with Gasteiger partial charge < -0.3 is 9.13 Å². The van der Waals surface area contributed by atoms with Crippen LogP contribution >= 0.6 is 28.7 Å². The predicted octanol–water partition coefficient (Wildman–Crippen LogP) is 6.77. The molecule has 5 nitrogen and oxygen atoms in total. The molecule has 0 aliphatic carbocycles. The minimum atomic E-state index is -0.249. The third-order valence-electron chi connectivity index (χ3n) is 7.18. The molecule has 2 aliphatic heterocycles. The molecule has 0 amide bonds. The Kier molecular flexibility index (Phi) is 10.4. The molecule has 4 heterocycles. The van der Waals surface area contributed by atoms with Crippen molar-refractivity contribution in [3.63, 3.8) is 0 Å². The molecule has 40 heavy (non-hydrogen) atoms. The van der Waals surface area contributed by atoms with Crippen LogP contribution < -0.4 is 11.1 Å². The van der Waals surface area contributed by atoms with Gasteiger partial charge >= 0.3 is 24.8 Å². The third-order valence-corrected chi connectivity index (χ3v) is 7.79. The van der Waals surface area contributed by atoms with Crippen molar-refractivity contribution in [3.8, 4) is 0 Å². The number of hydrogen-bond donors (Lipinski definition) is 1. The number of aryl methyl sites for hydroxylation is 2. The van der Waals surface area contributed by atoms with Crippen molar-refractivity contribution in [1.82, 2.24) is 9.13 Å². The number of thiol groups is 1. The van der Waals surface area contributed by atoms with Gasteiger partial charge in [0.15, 0.2) is 0 Å². The fraction of sp³-hybridized carbons (Fsp3) is 0.267. The Labute approximate surface area is 246 Å². The third kappa shape index (κ3) is 6.96. The molecule has 2 aromatic carbocycles. The molecule has 10 heteroatoms. The van der Waals surface area contributed by atoms with E-state index in [9.17, 15) is 18.4 Å². The fourth-order valence-electron chi connectivity index (χ4n) is 5.43. The fourth-order valence-corrected chi connectivity index (χ4v) is 5.75. The van der Waals surface area contributed by atoms with E-state index in [4.69, 9.17) is 0 Å². The van der Waals surface area contributed by atoms with E-state index >= 15 is 0 Å². The Morgan fingerprint density at radius 2 is 1.23 bits per heavy atom. The van der Waals surface area contributed by atoms with Crippen molar-refractivity contribution in [2.75, 3.05) is 0 Å². The second-order valence-corrected chi connectivity index (χ2v) is 10.7. The molecule has 0 fully saturated rings. The van der Waals surface area contributed by atoms with Crippen LogP contribution in [0.1, 0.15) is 60.3 Å². The Hall–Kier alpha value is -3.11. The summed E-state index contributed by atoms with van der Waals surface area (Å²) in [4.78, 5) is 24.3. The molecule has 0 saturated carbocycles. The quantitative estimate of drug-likeness (QED) is 0.198. The number of fused-ring (bicyclic) bond motifs is 2. The van der Waals surface area contributed by atoms with E-state index in [2.05, 4.69) is 40.7 Å². The average molecular weight is 623 g/mol. The molecule has 0 spiro atoms. The standard InChI is InChI=1S/C15H13BrFNO.C15H14FNO.BHNS/c16-13-9-8-12-2-1-3-14(18(12)15(13)19)10-4-6-11(17)7-5-10;16-12-9-7-11(8-10-12)14-5-1-3-13-4-2-6-15(18)17(13)14;1-2-3/h4-9,14H,1-3H2;2,4,6-10,14H,1,3,5H2;3H. The van der Waals surface area contributed by atoms with Crippen molar-refractivity contribution >= 4 is 36.4 Å². The van der Waals surface area contributed by atoms with Crippen molar-refractivity contribution in [1.29, 1.82) is 0 Å². The van der Waals surface area contributed by atoms with E-state index in [1.165, 1.54) is 24.3 Å². The molecule has 0 saturated heterocycles. The normalized spacial score (nSPS) is 17.2. The Balaban J connectivity index is 0.000000169. The summed E-state index contributed by atoms with van der Waals surface area (Å²) in [5.41, 5.74) is 4.14. The first-order valence-electron chi connectivity index (χ1n) is 13.0. The van der Waals surface area contributed by atoms with Crippen LogP contribution in [0, 0.1) is 11.6 Å². The number of aromatic nitrogens is 2. The van der Waals surface area contributed by atoms with E-state index in [0.717, 1.165) is 61.0 Å². The Morgan fingerprint density at radius 3 is 1.75 bits per heavy atom. The van der Waals surface area contributed by atoms with Gasteiger partial charge in [0.1, 0.15) is 11.6 Å². The van der Waals surface area contributed by atoms with Crippen LogP contribution in [0.4, 0.5) is 8.78 Å². The second-order valence-electron chi connectivity index (χ2n) is 9.61. The van der Waals surface area contributed by atoms with Gasteiger partial charge in [0.2, 0.25) is 0 Å². The maximum absolute atomic E-state index is 13.0. The molecule has 0 bridgehead atoms. The van der Waals surface area contributed by atoms with Gasteiger partial charge in [-0.25, -0.2) is 8.78 Å². The van der Waals surface area contributed by atoms with Crippen LogP contribution in [0.2, 0.25) is 0 Å². The number of hydrogen-bond acceptors (Lipinski definition) is 4. The molecule has 4 aromatic rings. The molecule has 0 N–H and O–H groups in total. The SMILES string of the molecule is O=c1c(Br)ccc2n1C(c1ccc(F)cc1)CCC2.O=c1cccc2n1C(c1ccc(F)cc1)CCC2.[B]=NS. The number of halogens is 3. The van der Waals surface area contributed by atoms with Crippen LogP contribution in [0.5, 0.6) is 0 Å². The molecule has 2 aliphatic rings. The first kappa shape index (κ1) is 29.9. The van der Waals surface area contributed by atoms with Crippen LogP contribution in [0.25, 0.3) is 0 Å². The summed E-state index contributed by atoms with van der Waals surface area (Å²) < 4.78 is 32.9. The summed E-state index contributed by atoms with van der Waals surface area (Å²) in [6, 6.07) is 22.1. The van der Waals surface area contributed by atoms with E-state index in [1.807, 2.05) is 21.3 Å². The van der Waals surface area contributed by atoms with Gasteiger partial charge in [0.25, 0.3) is 11.1 Å². The van der Waals surface area contributed by atoms with Crippen molar-refractivity contribution in [3.05, 3.63) is 138 Å². The summed E-state index contributed by atoms with van der Waals surface area (Å²) in [5, 5.41) is 0. The Bertz CT molecular complexity index is 1580. The Morgan fingerprint density at radius 1 is 0.750 bits per heavy atom. The van der Waals surface area contributed by atoms with E-state index in [0.29, 0.717) is 4.47 Å². The van der Waals surface area contributed by atoms with Gasteiger partial charge in [-0.05, 0) is 108 Å². The zero-order valence-electron chi connectivity index (χ0n) is 21.7. The van der Waals surface area contributed by atoms with Crippen LogP contribution in [0.15, 0.2) is 97.2 Å². The van der Waals surface area contributed by atoms with Crippen molar-refractivity contribution in [2.24, 2.45) is 4.30 Å². The van der Waals surface area contributed by atoms with Crippen LogP contribution in [-0.4, -0.2) is 16.8 Å². The topological polar surface area (TPSA) is 56.4 Å². The van der Waals surface area contributed by atoms with Gasteiger partial charge in [0, 0.05) is 17.5 Å². The van der Waals surface area contributed by atoms with E-state index in [-0.39, 0.29) is 34.8 Å². The number of pyridine rings is 2.